The topological polar surface area (TPSA) is 179 Å². The number of aryl methyl sites for hydroxylation is 1. The molecule has 2 aromatic rings. The molecule has 2 rings (SSSR count). The van der Waals surface area contributed by atoms with E-state index < -0.39 is 56.4 Å². The molecule has 0 saturated carbocycles. The third-order valence-corrected chi connectivity index (χ3v) is 6.32. The molecule has 0 aliphatic rings. The Labute approximate surface area is 204 Å². The highest BCUT2D eigenvalue weighted by Crippen LogP contribution is 2.34. The minimum Gasteiger partial charge on any atom is -0.370 e. The van der Waals surface area contributed by atoms with Gasteiger partial charge in [0.05, 0.1) is 16.5 Å². The van der Waals surface area contributed by atoms with Gasteiger partial charge in [0.25, 0.3) is 15.6 Å². The van der Waals surface area contributed by atoms with Crippen molar-refractivity contribution in [2.45, 2.75) is 43.4 Å². The number of alkyl halides is 3. The summed E-state index contributed by atoms with van der Waals surface area (Å²) in [5.41, 5.74) is 7.76. The van der Waals surface area contributed by atoms with Crippen LogP contribution in [0.3, 0.4) is 0 Å². The van der Waals surface area contributed by atoms with Crippen LogP contribution in [0.4, 0.5) is 18.9 Å². The SMILES string of the molecule is Cc1ccc(NS(=O)(=O)c2ccccc2C(F)(F)F)c(=O)n1CC(=O)NC(C=O)CCCN=C(N)N. The fraction of sp³-hybridized carbons (Fsp3) is 0.333. The number of guanidine groups is 1. The summed E-state index contributed by atoms with van der Waals surface area (Å²) in [6.07, 6.45) is -3.84. The van der Waals surface area contributed by atoms with Crippen LogP contribution in [0, 0.1) is 6.92 Å². The predicted octanol–water partition coefficient (Wildman–Crippen LogP) is 0.714. The number of rotatable bonds is 11. The van der Waals surface area contributed by atoms with Crippen molar-refractivity contribution in [3.63, 3.8) is 0 Å². The van der Waals surface area contributed by atoms with Gasteiger partial charge in [-0.15, -0.1) is 0 Å². The van der Waals surface area contributed by atoms with Gasteiger partial charge in [0.2, 0.25) is 5.91 Å². The molecule has 15 heteroatoms. The third kappa shape index (κ3) is 7.56. The van der Waals surface area contributed by atoms with Gasteiger partial charge in [-0.3, -0.25) is 19.3 Å². The zero-order chi connectivity index (χ0) is 27.1. The number of aromatic nitrogens is 1. The molecule has 0 radical (unpaired) electrons. The maximum absolute atomic E-state index is 13.3. The number of halogens is 3. The summed E-state index contributed by atoms with van der Waals surface area (Å²) in [4.78, 5) is 39.3. The number of amides is 1. The van der Waals surface area contributed by atoms with Gasteiger partial charge in [-0.05, 0) is 44.0 Å². The lowest BCUT2D eigenvalue weighted by molar-refractivity contribution is -0.139. The van der Waals surface area contributed by atoms with E-state index in [0.29, 0.717) is 18.8 Å². The van der Waals surface area contributed by atoms with Crippen LogP contribution in [0.2, 0.25) is 0 Å². The fourth-order valence-electron chi connectivity index (χ4n) is 3.17. The number of nitrogens with two attached hydrogens (primary N) is 2. The molecule has 1 amide bonds. The van der Waals surface area contributed by atoms with E-state index in [2.05, 4.69) is 10.3 Å². The normalized spacial score (nSPS) is 12.4. The van der Waals surface area contributed by atoms with Gasteiger partial charge in [-0.1, -0.05) is 12.1 Å². The van der Waals surface area contributed by atoms with E-state index >= 15 is 0 Å². The van der Waals surface area contributed by atoms with Crippen molar-refractivity contribution in [1.82, 2.24) is 9.88 Å². The molecule has 0 bridgehead atoms. The summed E-state index contributed by atoms with van der Waals surface area (Å²) in [6.45, 7) is 1.14. The molecule has 0 aliphatic carbocycles. The zero-order valence-electron chi connectivity index (χ0n) is 19.1. The Morgan fingerprint density at radius 3 is 2.47 bits per heavy atom. The molecule has 0 spiro atoms. The van der Waals surface area contributed by atoms with E-state index in [1.807, 2.05) is 4.72 Å². The number of aldehydes is 1. The number of carbonyl (C=O) groups is 2. The number of anilines is 1. The highest BCUT2D eigenvalue weighted by Gasteiger charge is 2.37. The number of nitrogens with one attached hydrogen (secondary N) is 2. The molecule has 1 heterocycles. The van der Waals surface area contributed by atoms with Crippen LogP contribution >= 0.6 is 0 Å². The maximum Gasteiger partial charge on any atom is 0.417 e. The van der Waals surface area contributed by atoms with Crippen molar-refractivity contribution in [3.8, 4) is 0 Å². The van der Waals surface area contributed by atoms with Crippen LogP contribution < -0.4 is 27.1 Å². The van der Waals surface area contributed by atoms with Crippen LogP contribution in [0.5, 0.6) is 0 Å². The number of nitrogens with zero attached hydrogens (tertiary/aromatic N) is 2. The van der Waals surface area contributed by atoms with Crippen LogP contribution in [-0.2, 0) is 32.3 Å². The fourth-order valence-corrected chi connectivity index (χ4v) is 4.46. The molecule has 0 saturated heterocycles. The number of hydrogen-bond acceptors (Lipinski definition) is 6. The molecule has 6 N–H and O–H groups in total. The number of benzene rings is 1. The van der Waals surface area contributed by atoms with Gasteiger partial charge in [0.1, 0.15) is 18.5 Å². The minimum absolute atomic E-state index is 0.117. The summed E-state index contributed by atoms with van der Waals surface area (Å²) in [5.74, 6) is -0.837. The Morgan fingerprint density at radius 1 is 1.19 bits per heavy atom. The first-order valence-corrected chi connectivity index (χ1v) is 11.9. The van der Waals surface area contributed by atoms with Gasteiger partial charge in [0, 0.05) is 12.2 Å². The van der Waals surface area contributed by atoms with Gasteiger partial charge >= 0.3 is 6.18 Å². The average molecular weight is 531 g/mol. The van der Waals surface area contributed by atoms with Gasteiger partial charge in [-0.25, -0.2) is 8.42 Å². The lowest BCUT2D eigenvalue weighted by Crippen LogP contribution is -2.40. The van der Waals surface area contributed by atoms with E-state index in [1.165, 1.54) is 13.0 Å². The summed E-state index contributed by atoms with van der Waals surface area (Å²) < 4.78 is 68.0. The Balaban J connectivity index is 2.23. The standard InChI is InChI=1S/C21H25F3N6O5S/c1-13-8-9-16(29-36(34,35)17-7-3-2-6-15(17)21(22,23)24)19(33)30(13)11-18(32)28-14(12-31)5-4-10-27-20(25)26/h2-3,6-9,12,14,29H,4-5,10-11H2,1H3,(H,28,32)(H4,25,26,27). The lowest BCUT2D eigenvalue weighted by atomic mass is 10.2. The van der Waals surface area contributed by atoms with Crippen molar-refractivity contribution in [2.24, 2.45) is 16.5 Å². The van der Waals surface area contributed by atoms with Crippen LogP contribution in [0.15, 0.2) is 51.1 Å². The van der Waals surface area contributed by atoms with Crippen LogP contribution in [-0.4, -0.2) is 43.7 Å². The molecule has 1 atom stereocenters. The first kappa shape index (κ1) is 28.4. The zero-order valence-corrected chi connectivity index (χ0v) is 19.9. The summed E-state index contributed by atoms with van der Waals surface area (Å²) >= 11 is 0. The average Bonchev–Trinajstić information content (AvgIpc) is 2.79. The second kappa shape index (κ2) is 11.7. The quantitative estimate of drug-likeness (QED) is 0.143. The molecule has 36 heavy (non-hydrogen) atoms. The highest BCUT2D eigenvalue weighted by atomic mass is 32.2. The second-order valence-corrected chi connectivity index (χ2v) is 9.29. The Morgan fingerprint density at radius 2 is 1.86 bits per heavy atom. The van der Waals surface area contributed by atoms with Crippen LogP contribution in [0.25, 0.3) is 0 Å². The maximum atomic E-state index is 13.3. The largest absolute Gasteiger partial charge is 0.417 e. The molecule has 11 nitrogen and oxygen atoms in total. The number of hydrogen-bond donors (Lipinski definition) is 4. The lowest BCUT2D eigenvalue weighted by Gasteiger charge is -2.17. The number of aliphatic imine (C=N–C) groups is 1. The highest BCUT2D eigenvalue weighted by molar-refractivity contribution is 7.92. The summed E-state index contributed by atoms with van der Waals surface area (Å²) in [7, 11) is -4.81. The molecular formula is C21H25F3N6O5S. The smallest absolute Gasteiger partial charge is 0.370 e. The first-order valence-electron chi connectivity index (χ1n) is 10.5. The van der Waals surface area contributed by atoms with Gasteiger partial charge < -0.3 is 26.1 Å². The van der Waals surface area contributed by atoms with E-state index in [1.54, 1.807) is 0 Å². The minimum atomic E-state index is -4.95. The van der Waals surface area contributed by atoms with Gasteiger partial charge in [-0.2, -0.15) is 13.2 Å². The van der Waals surface area contributed by atoms with Crippen molar-refractivity contribution in [3.05, 3.63) is 58.0 Å². The third-order valence-electron chi connectivity index (χ3n) is 4.90. The monoisotopic (exact) mass is 530 g/mol. The Bertz CT molecular complexity index is 1300. The summed E-state index contributed by atoms with van der Waals surface area (Å²) in [5, 5.41) is 2.43. The molecule has 1 aromatic carbocycles. The number of sulfonamides is 1. The first-order chi connectivity index (χ1) is 16.8. The Kier molecular flexibility index (Phi) is 9.22. The van der Waals surface area contributed by atoms with E-state index in [-0.39, 0.29) is 24.6 Å². The van der Waals surface area contributed by atoms with E-state index in [9.17, 15) is 36.0 Å². The van der Waals surface area contributed by atoms with Crippen molar-refractivity contribution in [1.29, 1.82) is 0 Å². The Hall–Kier alpha value is -3.88. The molecule has 1 unspecified atom stereocenters. The molecule has 0 aliphatic heterocycles. The van der Waals surface area contributed by atoms with E-state index in [0.717, 1.165) is 28.8 Å². The van der Waals surface area contributed by atoms with Gasteiger partial charge in [0.15, 0.2) is 5.96 Å². The molecule has 0 fully saturated rings. The molecule has 196 valence electrons. The predicted molar refractivity (Wildman–Crippen MR) is 126 cm³/mol. The molecule has 1 aromatic heterocycles. The van der Waals surface area contributed by atoms with Crippen molar-refractivity contribution >= 4 is 33.9 Å². The number of carbonyl (C=O) groups excluding carboxylic acids is 2. The van der Waals surface area contributed by atoms with Crippen molar-refractivity contribution < 1.29 is 31.2 Å². The van der Waals surface area contributed by atoms with E-state index in [4.69, 9.17) is 11.5 Å². The number of pyridine rings is 1. The second-order valence-electron chi connectivity index (χ2n) is 7.64. The van der Waals surface area contributed by atoms with Crippen molar-refractivity contribution in [2.75, 3.05) is 11.3 Å². The summed E-state index contributed by atoms with van der Waals surface area (Å²) in [6, 6.07) is 5.02. The molecular weight excluding hydrogens is 505 g/mol. The van der Waals surface area contributed by atoms with Crippen LogP contribution in [0.1, 0.15) is 24.1 Å².